The highest BCUT2D eigenvalue weighted by atomic mass is 16.5. The van der Waals surface area contributed by atoms with Crippen molar-refractivity contribution in [3.8, 4) is 0 Å². The molecule has 0 amide bonds. The maximum atomic E-state index is 10.7. The molecule has 92 valence electrons. The first-order valence-corrected chi connectivity index (χ1v) is 5.59. The summed E-state index contributed by atoms with van der Waals surface area (Å²) in [6, 6.07) is 0. The lowest BCUT2D eigenvalue weighted by Crippen LogP contribution is -2.51. The van der Waals surface area contributed by atoms with Gasteiger partial charge in [-0.2, -0.15) is 0 Å². The average Bonchev–Trinajstić information content (AvgIpc) is 2.16. The van der Waals surface area contributed by atoms with Crippen LogP contribution in [0.1, 0.15) is 27.7 Å². The van der Waals surface area contributed by atoms with Crippen LogP contribution in [0.4, 0.5) is 0 Å². The summed E-state index contributed by atoms with van der Waals surface area (Å²) >= 11 is 0. The van der Waals surface area contributed by atoms with Crippen molar-refractivity contribution in [3.05, 3.63) is 11.6 Å². The molecule has 4 heteroatoms. The van der Waals surface area contributed by atoms with Crippen LogP contribution in [0.2, 0.25) is 0 Å². The van der Waals surface area contributed by atoms with Crippen LogP contribution in [0.25, 0.3) is 0 Å². The van der Waals surface area contributed by atoms with Crippen molar-refractivity contribution in [3.63, 3.8) is 0 Å². The van der Waals surface area contributed by atoms with E-state index in [0.717, 1.165) is 13.1 Å². The Kier molecular flexibility index (Phi) is 4.10. The second-order valence-electron chi connectivity index (χ2n) is 5.18. The van der Waals surface area contributed by atoms with Gasteiger partial charge in [-0.15, -0.1) is 0 Å². The van der Waals surface area contributed by atoms with Crippen molar-refractivity contribution in [2.24, 2.45) is 0 Å². The van der Waals surface area contributed by atoms with Crippen LogP contribution in [0.3, 0.4) is 0 Å². The molecule has 1 heterocycles. The first kappa shape index (κ1) is 13.2. The number of hydrogen-bond donors (Lipinski definition) is 1. The summed E-state index contributed by atoms with van der Waals surface area (Å²) in [6.07, 6.45) is 1.59. The molecule has 0 aliphatic carbocycles. The van der Waals surface area contributed by atoms with E-state index in [1.807, 2.05) is 0 Å². The molecule has 1 N–H and O–H groups in total. The maximum Gasteiger partial charge on any atom is 0.331 e. The van der Waals surface area contributed by atoms with Crippen LogP contribution in [0.5, 0.6) is 0 Å². The number of carboxylic acid groups (broad SMARTS) is 1. The Labute approximate surface area is 96.9 Å². The van der Waals surface area contributed by atoms with E-state index < -0.39 is 5.97 Å². The zero-order valence-corrected chi connectivity index (χ0v) is 10.5. The van der Waals surface area contributed by atoms with Gasteiger partial charge >= 0.3 is 5.97 Å². The predicted octanol–water partition coefficient (Wildman–Crippen LogP) is 1.52. The standard InChI is InChI=1S/C12H21NO3/c1-9(11(14)15)7-10-8-13(5-6-16-10)12(2,3)4/h7,10H,5-6,8H2,1-4H3,(H,14,15)/b9-7+. The molecule has 1 aliphatic rings. The summed E-state index contributed by atoms with van der Waals surface area (Å²) in [4.78, 5) is 13.0. The van der Waals surface area contributed by atoms with Gasteiger partial charge in [-0.3, -0.25) is 4.90 Å². The molecule has 0 aromatic rings. The number of morpholine rings is 1. The minimum Gasteiger partial charge on any atom is -0.478 e. The molecule has 1 fully saturated rings. The Morgan fingerprint density at radius 2 is 2.12 bits per heavy atom. The van der Waals surface area contributed by atoms with E-state index in [0.29, 0.717) is 12.2 Å². The van der Waals surface area contributed by atoms with Crippen molar-refractivity contribution >= 4 is 5.97 Å². The molecular formula is C12H21NO3. The van der Waals surface area contributed by atoms with Gasteiger partial charge in [0.15, 0.2) is 0 Å². The molecule has 1 unspecified atom stereocenters. The number of aliphatic carboxylic acids is 1. The lowest BCUT2D eigenvalue weighted by molar-refractivity contribution is -0.132. The Bertz CT molecular complexity index is 291. The average molecular weight is 227 g/mol. The highest BCUT2D eigenvalue weighted by molar-refractivity contribution is 5.85. The van der Waals surface area contributed by atoms with Gasteiger partial charge in [-0.05, 0) is 33.8 Å². The van der Waals surface area contributed by atoms with Gasteiger partial charge in [0.1, 0.15) is 0 Å². The minimum absolute atomic E-state index is 0.104. The van der Waals surface area contributed by atoms with Gasteiger partial charge in [0, 0.05) is 24.2 Å². The largest absolute Gasteiger partial charge is 0.478 e. The number of nitrogens with zero attached hydrogens (tertiary/aromatic N) is 1. The zero-order valence-electron chi connectivity index (χ0n) is 10.5. The van der Waals surface area contributed by atoms with Crippen molar-refractivity contribution in [1.82, 2.24) is 4.90 Å². The fourth-order valence-electron chi connectivity index (χ4n) is 1.74. The van der Waals surface area contributed by atoms with E-state index in [1.54, 1.807) is 13.0 Å². The maximum absolute atomic E-state index is 10.7. The van der Waals surface area contributed by atoms with Gasteiger partial charge in [-0.25, -0.2) is 4.79 Å². The molecule has 1 saturated heterocycles. The summed E-state index contributed by atoms with van der Waals surface area (Å²) in [5.41, 5.74) is 0.452. The SMILES string of the molecule is C/C(=C\C1CN(C(C)(C)C)CCO1)C(=O)O. The number of hydrogen-bond acceptors (Lipinski definition) is 3. The van der Waals surface area contributed by atoms with Crippen molar-refractivity contribution < 1.29 is 14.6 Å². The van der Waals surface area contributed by atoms with Gasteiger partial charge in [0.05, 0.1) is 12.7 Å². The molecule has 1 atom stereocenters. The van der Waals surface area contributed by atoms with Crippen LogP contribution in [-0.2, 0) is 9.53 Å². The highest BCUT2D eigenvalue weighted by Gasteiger charge is 2.27. The van der Waals surface area contributed by atoms with E-state index in [-0.39, 0.29) is 11.6 Å². The molecule has 0 aromatic heterocycles. The summed E-state index contributed by atoms with van der Waals surface area (Å²) in [5, 5.41) is 8.80. The van der Waals surface area contributed by atoms with Gasteiger partial charge < -0.3 is 9.84 Å². The van der Waals surface area contributed by atoms with Crippen LogP contribution in [-0.4, -0.2) is 47.3 Å². The van der Waals surface area contributed by atoms with Crippen molar-refractivity contribution in [2.75, 3.05) is 19.7 Å². The monoisotopic (exact) mass is 227 g/mol. The Morgan fingerprint density at radius 3 is 2.62 bits per heavy atom. The molecule has 0 radical (unpaired) electrons. The third kappa shape index (κ3) is 3.61. The second kappa shape index (κ2) is 4.97. The quantitative estimate of drug-likeness (QED) is 0.727. The lowest BCUT2D eigenvalue weighted by Gasteiger charge is -2.40. The normalized spacial score (nSPS) is 24.5. The van der Waals surface area contributed by atoms with Crippen LogP contribution in [0, 0.1) is 0 Å². The van der Waals surface area contributed by atoms with Crippen molar-refractivity contribution in [2.45, 2.75) is 39.3 Å². The predicted molar refractivity (Wildman–Crippen MR) is 62.5 cm³/mol. The van der Waals surface area contributed by atoms with Gasteiger partial charge in [0.2, 0.25) is 0 Å². The van der Waals surface area contributed by atoms with E-state index in [2.05, 4.69) is 25.7 Å². The van der Waals surface area contributed by atoms with E-state index in [4.69, 9.17) is 9.84 Å². The van der Waals surface area contributed by atoms with E-state index in [9.17, 15) is 4.79 Å². The van der Waals surface area contributed by atoms with Crippen LogP contribution in [0.15, 0.2) is 11.6 Å². The third-order valence-corrected chi connectivity index (χ3v) is 2.82. The highest BCUT2D eigenvalue weighted by Crippen LogP contribution is 2.18. The molecule has 1 rings (SSSR count). The fraction of sp³-hybridized carbons (Fsp3) is 0.750. The van der Waals surface area contributed by atoms with Gasteiger partial charge in [0.25, 0.3) is 0 Å². The summed E-state index contributed by atoms with van der Waals surface area (Å²) in [6.45, 7) is 10.4. The first-order chi connectivity index (χ1) is 7.30. The molecular weight excluding hydrogens is 206 g/mol. The van der Waals surface area contributed by atoms with E-state index >= 15 is 0 Å². The fourth-order valence-corrected chi connectivity index (χ4v) is 1.74. The summed E-state index contributed by atoms with van der Waals surface area (Å²) in [5.74, 6) is -0.878. The second-order valence-corrected chi connectivity index (χ2v) is 5.18. The van der Waals surface area contributed by atoms with Crippen LogP contribution < -0.4 is 0 Å². The Morgan fingerprint density at radius 1 is 1.50 bits per heavy atom. The Hall–Kier alpha value is -0.870. The molecule has 1 aliphatic heterocycles. The molecule has 16 heavy (non-hydrogen) atoms. The molecule has 0 saturated carbocycles. The van der Waals surface area contributed by atoms with Crippen LogP contribution >= 0.6 is 0 Å². The minimum atomic E-state index is -0.878. The van der Waals surface area contributed by atoms with Crippen molar-refractivity contribution in [1.29, 1.82) is 0 Å². The van der Waals surface area contributed by atoms with E-state index in [1.165, 1.54) is 0 Å². The molecule has 0 spiro atoms. The number of rotatable bonds is 2. The Balaban J connectivity index is 2.65. The lowest BCUT2D eigenvalue weighted by atomic mass is 10.0. The number of carboxylic acids is 1. The summed E-state index contributed by atoms with van der Waals surface area (Å²) in [7, 11) is 0. The summed E-state index contributed by atoms with van der Waals surface area (Å²) < 4.78 is 5.54. The zero-order chi connectivity index (χ0) is 12.3. The topological polar surface area (TPSA) is 49.8 Å². The number of ether oxygens (including phenoxy) is 1. The third-order valence-electron chi connectivity index (χ3n) is 2.82. The number of carbonyl (C=O) groups is 1. The van der Waals surface area contributed by atoms with Gasteiger partial charge in [-0.1, -0.05) is 0 Å². The smallest absolute Gasteiger partial charge is 0.331 e. The molecule has 0 bridgehead atoms. The molecule has 0 aromatic carbocycles. The first-order valence-electron chi connectivity index (χ1n) is 5.59. The molecule has 4 nitrogen and oxygen atoms in total.